The normalized spacial score (nSPS) is 10.8. The van der Waals surface area contributed by atoms with Crippen LogP contribution in [-0.2, 0) is 6.54 Å². The third-order valence-electron chi connectivity index (χ3n) is 2.74. The third-order valence-corrected chi connectivity index (χ3v) is 2.74. The van der Waals surface area contributed by atoms with Crippen molar-refractivity contribution in [3.8, 4) is 0 Å². The first-order valence-corrected chi connectivity index (χ1v) is 5.87. The summed E-state index contributed by atoms with van der Waals surface area (Å²) in [5, 5.41) is 3.25. The zero-order valence-corrected chi connectivity index (χ0v) is 10.2. The Bertz CT molecular complexity index is 656. The molecule has 0 aliphatic carbocycles. The van der Waals surface area contributed by atoms with Gasteiger partial charge >= 0.3 is 0 Å². The maximum absolute atomic E-state index is 5.40. The van der Waals surface area contributed by atoms with Crippen molar-refractivity contribution in [3.63, 3.8) is 0 Å². The molecule has 0 amide bonds. The first-order valence-electron chi connectivity index (χ1n) is 5.87. The summed E-state index contributed by atoms with van der Waals surface area (Å²) in [5.41, 5.74) is 3.31. The zero-order chi connectivity index (χ0) is 13.1. The van der Waals surface area contributed by atoms with Gasteiger partial charge in [-0.05, 0) is 0 Å². The molecule has 0 spiro atoms. The largest absolute Gasteiger partial charge is 0.365 e. The van der Waals surface area contributed by atoms with Crippen LogP contribution in [-0.4, -0.2) is 30.5 Å². The summed E-state index contributed by atoms with van der Waals surface area (Å²) in [6.45, 7) is 1.52. The Morgan fingerprint density at radius 3 is 3.00 bits per heavy atom. The van der Waals surface area contributed by atoms with Crippen molar-refractivity contribution in [1.82, 2.24) is 23.9 Å². The van der Waals surface area contributed by atoms with Gasteiger partial charge in [0.15, 0.2) is 17.3 Å². The molecule has 0 bridgehead atoms. The SMILES string of the molecule is NNc1cn2ccnc2c(NCCn2ccnc2)n1. The summed E-state index contributed by atoms with van der Waals surface area (Å²) in [4.78, 5) is 12.6. The molecule has 3 rings (SSSR count). The summed E-state index contributed by atoms with van der Waals surface area (Å²) in [5.74, 6) is 6.67. The van der Waals surface area contributed by atoms with Crippen LogP contribution < -0.4 is 16.6 Å². The van der Waals surface area contributed by atoms with Gasteiger partial charge in [0.1, 0.15) is 0 Å². The number of anilines is 2. The van der Waals surface area contributed by atoms with Gasteiger partial charge in [-0.15, -0.1) is 0 Å². The van der Waals surface area contributed by atoms with E-state index >= 15 is 0 Å². The third kappa shape index (κ3) is 2.33. The number of aromatic nitrogens is 5. The molecule has 3 heterocycles. The number of nitrogens with zero attached hydrogens (tertiary/aromatic N) is 5. The van der Waals surface area contributed by atoms with Crippen LogP contribution >= 0.6 is 0 Å². The highest BCUT2D eigenvalue weighted by Gasteiger charge is 2.06. The standard InChI is InChI=1S/C11H14N8/c12-17-9-7-19-6-3-15-11(19)10(16-9)14-2-5-18-4-1-13-8-18/h1,3-4,6-8,17H,2,5,12H2,(H,14,16). The van der Waals surface area contributed by atoms with Gasteiger partial charge in [-0.3, -0.25) is 0 Å². The van der Waals surface area contributed by atoms with E-state index in [1.807, 2.05) is 21.4 Å². The Balaban J connectivity index is 1.77. The van der Waals surface area contributed by atoms with Gasteiger partial charge in [-0.1, -0.05) is 0 Å². The average molecular weight is 258 g/mol. The molecule has 0 aromatic carbocycles. The fraction of sp³-hybridized carbons (Fsp3) is 0.182. The monoisotopic (exact) mass is 258 g/mol. The Morgan fingerprint density at radius 1 is 1.26 bits per heavy atom. The Labute approximate surface area is 109 Å². The summed E-state index contributed by atoms with van der Waals surface area (Å²) in [6.07, 6.45) is 10.8. The molecule has 0 saturated carbocycles. The van der Waals surface area contributed by atoms with E-state index in [1.54, 1.807) is 24.9 Å². The predicted octanol–water partition coefficient (Wildman–Crippen LogP) is 0.323. The molecule has 0 saturated heterocycles. The molecule has 0 atom stereocenters. The fourth-order valence-corrected chi connectivity index (χ4v) is 1.84. The van der Waals surface area contributed by atoms with Crippen LogP contribution in [0.3, 0.4) is 0 Å². The smallest absolute Gasteiger partial charge is 0.180 e. The minimum Gasteiger partial charge on any atom is -0.365 e. The van der Waals surface area contributed by atoms with E-state index in [9.17, 15) is 0 Å². The van der Waals surface area contributed by atoms with Gasteiger partial charge in [0.2, 0.25) is 0 Å². The van der Waals surface area contributed by atoms with Gasteiger partial charge in [0, 0.05) is 37.9 Å². The molecule has 0 aliphatic rings. The van der Waals surface area contributed by atoms with Gasteiger partial charge in [0.25, 0.3) is 0 Å². The van der Waals surface area contributed by atoms with E-state index in [2.05, 4.69) is 25.7 Å². The van der Waals surface area contributed by atoms with E-state index < -0.39 is 0 Å². The highest BCUT2D eigenvalue weighted by atomic mass is 15.3. The molecule has 0 radical (unpaired) electrons. The first-order chi connectivity index (χ1) is 9.36. The second kappa shape index (κ2) is 4.94. The Kier molecular flexibility index (Phi) is 2.99. The van der Waals surface area contributed by atoms with Gasteiger partial charge < -0.3 is 19.7 Å². The maximum atomic E-state index is 5.40. The molecule has 0 fully saturated rings. The molecule has 98 valence electrons. The predicted molar refractivity (Wildman–Crippen MR) is 71.5 cm³/mol. The van der Waals surface area contributed by atoms with Crippen LogP contribution in [0.2, 0.25) is 0 Å². The number of fused-ring (bicyclic) bond motifs is 1. The fourth-order valence-electron chi connectivity index (χ4n) is 1.84. The lowest BCUT2D eigenvalue weighted by Crippen LogP contribution is -2.14. The van der Waals surface area contributed by atoms with Crippen LogP contribution in [0.25, 0.3) is 5.65 Å². The van der Waals surface area contributed by atoms with E-state index in [0.29, 0.717) is 11.6 Å². The molecule has 3 aromatic heterocycles. The molecule has 19 heavy (non-hydrogen) atoms. The Morgan fingerprint density at radius 2 is 2.21 bits per heavy atom. The van der Waals surface area contributed by atoms with Crippen molar-refractivity contribution in [2.75, 3.05) is 17.3 Å². The second-order valence-electron chi connectivity index (χ2n) is 4.00. The lowest BCUT2D eigenvalue weighted by Gasteiger charge is -2.09. The average Bonchev–Trinajstić information content (AvgIpc) is 3.08. The molecular weight excluding hydrogens is 244 g/mol. The highest BCUT2D eigenvalue weighted by Crippen LogP contribution is 2.15. The van der Waals surface area contributed by atoms with Gasteiger partial charge in [0.05, 0.1) is 12.5 Å². The van der Waals surface area contributed by atoms with E-state index in [4.69, 9.17) is 5.84 Å². The van der Waals surface area contributed by atoms with Crippen molar-refractivity contribution in [2.45, 2.75) is 6.54 Å². The maximum Gasteiger partial charge on any atom is 0.180 e. The van der Waals surface area contributed by atoms with Crippen molar-refractivity contribution in [3.05, 3.63) is 37.3 Å². The van der Waals surface area contributed by atoms with E-state index in [-0.39, 0.29) is 0 Å². The second-order valence-corrected chi connectivity index (χ2v) is 4.00. The van der Waals surface area contributed by atoms with Crippen LogP contribution in [0, 0.1) is 0 Å². The molecule has 0 aliphatic heterocycles. The van der Waals surface area contributed by atoms with Gasteiger partial charge in [-0.2, -0.15) is 0 Å². The highest BCUT2D eigenvalue weighted by molar-refractivity contribution is 5.65. The number of nitrogen functional groups attached to an aromatic ring is 1. The minimum atomic E-state index is 0.579. The van der Waals surface area contributed by atoms with Crippen LogP contribution in [0.5, 0.6) is 0 Å². The topological polar surface area (TPSA) is 98.1 Å². The molecule has 3 aromatic rings. The first kappa shape index (κ1) is 11.5. The lowest BCUT2D eigenvalue weighted by atomic mass is 10.5. The number of imidazole rings is 2. The van der Waals surface area contributed by atoms with Crippen molar-refractivity contribution < 1.29 is 0 Å². The Hall–Kier alpha value is -2.61. The van der Waals surface area contributed by atoms with Crippen LogP contribution in [0.4, 0.5) is 11.6 Å². The number of hydrazine groups is 1. The number of rotatable bonds is 5. The summed E-state index contributed by atoms with van der Waals surface area (Å²) >= 11 is 0. The molecule has 8 nitrogen and oxygen atoms in total. The van der Waals surface area contributed by atoms with E-state index in [1.165, 1.54) is 0 Å². The van der Waals surface area contributed by atoms with Crippen molar-refractivity contribution in [1.29, 1.82) is 0 Å². The zero-order valence-electron chi connectivity index (χ0n) is 10.2. The molecule has 8 heteroatoms. The van der Waals surface area contributed by atoms with Crippen molar-refractivity contribution >= 4 is 17.3 Å². The number of hydrogen-bond acceptors (Lipinski definition) is 6. The van der Waals surface area contributed by atoms with Gasteiger partial charge in [-0.25, -0.2) is 20.8 Å². The van der Waals surface area contributed by atoms with Crippen LogP contribution in [0.1, 0.15) is 0 Å². The number of hydrogen-bond donors (Lipinski definition) is 3. The molecule has 0 unspecified atom stereocenters. The lowest BCUT2D eigenvalue weighted by molar-refractivity contribution is 0.725. The summed E-state index contributed by atoms with van der Waals surface area (Å²) < 4.78 is 3.85. The summed E-state index contributed by atoms with van der Waals surface area (Å²) in [7, 11) is 0. The molecular formula is C11H14N8. The quantitative estimate of drug-likeness (QED) is 0.450. The minimum absolute atomic E-state index is 0.579. The van der Waals surface area contributed by atoms with Crippen LogP contribution in [0.15, 0.2) is 37.3 Å². The molecule has 4 N–H and O–H groups in total. The summed E-state index contributed by atoms with van der Waals surface area (Å²) in [6, 6.07) is 0. The number of nitrogens with two attached hydrogens (primary N) is 1. The van der Waals surface area contributed by atoms with E-state index in [0.717, 1.165) is 18.7 Å². The number of nitrogens with one attached hydrogen (secondary N) is 2. The van der Waals surface area contributed by atoms with Crippen molar-refractivity contribution in [2.24, 2.45) is 5.84 Å².